The first kappa shape index (κ1) is 21.0. The van der Waals surface area contributed by atoms with Crippen LogP contribution in [0, 0.1) is 0 Å². The van der Waals surface area contributed by atoms with Gasteiger partial charge in [0.05, 0.1) is 6.61 Å². The van der Waals surface area contributed by atoms with Gasteiger partial charge in [0, 0.05) is 33.7 Å². The van der Waals surface area contributed by atoms with Gasteiger partial charge in [-0.05, 0) is 12.1 Å². The molecule has 3 rings (SSSR count). The monoisotopic (exact) mass is 401 g/mol. The molecule has 0 bridgehead atoms. The molecule has 0 aliphatic heterocycles. The average Bonchev–Trinajstić information content (AvgIpc) is 3.13. The SMILES string of the molecule is CCN(CCO)CCn1c(C(O)c2ccccc2)nc2c1c(=O)n(C)c(=O)n2C. The summed E-state index contributed by atoms with van der Waals surface area (Å²) in [5.41, 5.74) is 0.247. The van der Waals surface area contributed by atoms with E-state index in [0.29, 0.717) is 31.0 Å². The van der Waals surface area contributed by atoms with E-state index in [-0.39, 0.29) is 17.8 Å². The van der Waals surface area contributed by atoms with E-state index < -0.39 is 17.4 Å². The number of hydrogen-bond donors (Lipinski definition) is 2. The van der Waals surface area contributed by atoms with E-state index in [1.54, 1.807) is 23.7 Å². The number of rotatable bonds is 8. The predicted octanol–water partition coefficient (Wildman–Crippen LogP) is -0.170. The first-order valence-corrected chi connectivity index (χ1v) is 9.63. The summed E-state index contributed by atoms with van der Waals surface area (Å²) in [5.74, 6) is 0.310. The van der Waals surface area contributed by atoms with Crippen molar-refractivity contribution in [3.8, 4) is 0 Å². The minimum absolute atomic E-state index is 0.0360. The van der Waals surface area contributed by atoms with Crippen LogP contribution in [0.3, 0.4) is 0 Å². The highest BCUT2D eigenvalue weighted by Crippen LogP contribution is 2.24. The van der Waals surface area contributed by atoms with E-state index in [0.717, 1.165) is 11.1 Å². The molecule has 0 saturated carbocycles. The molecule has 0 radical (unpaired) electrons. The van der Waals surface area contributed by atoms with Gasteiger partial charge < -0.3 is 14.8 Å². The van der Waals surface area contributed by atoms with Gasteiger partial charge in [0.1, 0.15) is 11.9 Å². The summed E-state index contributed by atoms with van der Waals surface area (Å²) in [5, 5.41) is 20.2. The topological polar surface area (TPSA) is 106 Å². The summed E-state index contributed by atoms with van der Waals surface area (Å²) in [7, 11) is 2.99. The van der Waals surface area contributed by atoms with Crippen LogP contribution in [-0.4, -0.2) is 60.0 Å². The molecule has 1 atom stereocenters. The van der Waals surface area contributed by atoms with E-state index in [9.17, 15) is 19.8 Å². The molecule has 29 heavy (non-hydrogen) atoms. The maximum atomic E-state index is 12.9. The van der Waals surface area contributed by atoms with Crippen molar-refractivity contribution in [3.63, 3.8) is 0 Å². The third kappa shape index (κ3) is 3.89. The molecule has 0 amide bonds. The number of likely N-dealkylation sites (N-methyl/N-ethyl adjacent to an activating group) is 1. The molecule has 0 aliphatic carbocycles. The molecule has 3 aromatic rings. The third-order valence-corrected chi connectivity index (χ3v) is 5.24. The minimum atomic E-state index is -1.05. The zero-order valence-electron chi connectivity index (χ0n) is 16.9. The number of aromatic nitrogens is 4. The molecule has 0 aliphatic rings. The van der Waals surface area contributed by atoms with E-state index in [2.05, 4.69) is 4.98 Å². The second-order valence-electron chi connectivity index (χ2n) is 6.97. The van der Waals surface area contributed by atoms with Crippen LogP contribution in [0.15, 0.2) is 39.9 Å². The summed E-state index contributed by atoms with van der Waals surface area (Å²) in [6, 6.07) is 9.07. The Balaban J connectivity index is 2.19. The zero-order chi connectivity index (χ0) is 21.1. The first-order valence-electron chi connectivity index (χ1n) is 9.63. The number of nitrogens with zero attached hydrogens (tertiary/aromatic N) is 5. The Morgan fingerprint density at radius 3 is 2.41 bits per heavy atom. The zero-order valence-corrected chi connectivity index (χ0v) is 16.9. The maximum absolute atomic E-state index is 12.9. The van der Waals surface area contributed by atoms with Crippen molar-refractivity contribution in [2.75, 3.05) is 26.2 Å². The van der Waals surface area contributed by atoms with E-state index in [1.165, 1.54) is 11.6 Å². The minimum Gasteiger partial charge on any atom is -0.395 e. The van der Waals surface area contributed by atoms with Crippen LogP contribution in [0.4, 0.5) is 0 Å². The molecule has 2 heterocycles. The standard InChI is InChI=1S/C20H27N5O4/c1-4-24(12-13-26)10-11-25-15-17(22(2)20(29)23(3)19(15)28)21-18(25)16(27)14-8-6-5-7-9-14/h5-9,16,26-27H,4,10-13H2,1-3H3. The normalized spacial score (nSPS) is 12.8. The van der Waals surface area contributed by atoms with Gasteiger partial charge in [-0.3, -0.25) is 18.8 Å². The molecule has 156 valence electrons. The Morgan fingerprint density at radius 1 is 1.10 bits per heavy atom. The Hall–Kier alpha value is -2.75. The molecule has 2 aromatic heterocycles. The van der Waals surface area contributed by atoms with Gasteiger partial charge in [0.15, 0.2) is 11.2 Å². The van der Waals surface area contributed by atoms with E-state index >= 15 is 0 Å². The van der Waals surface area contributed by atoms with Crippen molar-refractivity contribution in [1.82, 2.24) is 23.6 Å². The highest BCUT2D eigenvalue weighted by molar-refractivity contribution is 5.71. The lowest BCUT2D eigenvalue weighted by Gasteiger charge is -2.21. The fraction of sp³-hybridized carbons (Fsp3) is 0.450. The van der Waals surface area contributed by atoms with E-state index in [1.807, 2.05) is 30.0 Å². The van der Waals surface area contributed by atoms with Crippen LogP contribution in [0.2, 0.25) is 0 Å². The Labute approximate surface area is 168 Å². The van der Waals surface area contributed by atoms with Gasteiger partial charge in [0.25, 0.3) is 5.56 Å². The molecule has 1 aromatic carbocycles. The Morgan fingerprint density at radius 2 is 1.79 bits per heavy atom. The van der Waals surface area contributed by atoms with Crippen LogP contribution in [0.1, 0.15) is 24.4 Å². The molecule has 1 unspecified atom stereocenters. The molecular weight excluding hydrogens is 374 g/mol. The maximum Gasteiger partial charge on any atom is 0.332 e. The van der Waals surface area contributed by atoms with Crippen molar-refractivity contribution < 1.29 is 10.2 Å². The molecule has 0 spiro atoms. The Kier molecular flexibility index (Phi) is 6.31. The summed E-state index contributed by atoms with van der Waals surface area (Å²) in [4.78, 5) is 31.8. The number of aliphatic hydroxyl groups is 2. The number of hydrogen-bond acceptors (Lipinski definition) is 6. The molecule has 9 heteroatoms. The summed E-state index contributed by atoms with van der Waals surface area (Å²) < 4.78 is 4.05. The van der Waals surface area contributed by atoms with Crippen LogP contribution in [0.25, 0.3) is 11.2 Å². The van der Waals surface area contributed by atoms with Gasteiger partial charge in [-0.1, -0.05) is 37.3 Å². The molecule has 0 fully saturated rings. The fourth-order valence-electron chi connectivity index (χ4n) is 3.49. The van der Waals surface area contributed by atoms with Crippen molar-refractivity contribution in [1.29, 1.82) is 0 Å². The van der Waals surface area contributed by atoms with Crippen LogP contribution >= 0.6 is 0 Å². The summed E-state index contributed by atoms with van der Waals surface area (Å²) >= 11 is 0. The number of aliphatic hydroxyl groups excluding tert-OH is 2. The second kappa shape index (κ2) is 8.73. The largest absolute Gasteiger partial charge is 0.395 e. The predicted molar refractivity (Wildman–Crippen MR) is 110 cm³/mol. The number of fused-ring (bicyclic) bond motifs is 1. The van der Waals surface area contributed by atoms with Crippen molar-refractivity contribution in [2.45, 2.75) is 19.6 Å². The lowest BCUT2D eigenvalue weighted by Crippen LogP contribution is -2.38. The first-order chi connectivity index (χ1) is 13.9. The van der Waals surface area contributed by atoms with Gasteiger partial charge >= 0.3 is 5.69 Å². The van der Waals surface area contributed by atoms with Crippen molar-refractivity contribution in [2.24, 2.45) is 14.1 Å². The second-order valence-corrected chi connectivity index (χ2v) is 6.97. The van der Waals surface area contributed by atoms with Crippen molar-refractivity contribution >= 4 is 11.2 Å². The quantitative estimate of drug-likeness (QED) is 0.543. The van der Waals surface area contributed by atoms with Crippen LogP contribution < -0.4 is 11.2 Å². The Bertz CT molecular complexity index is 1100. The molecule has 2 N–H and O–H groups in total. The molecule has 0 saturated heterocycles. The number of benzene rings is 1. The average molecular weight is 401 g/mol. The summed E-state index contributed by atoms with van der Waals surface area (Å²) in [6.45, 7) is 4.22. The lowest BCUT2D eigenvalue weighted by atomic mass is 10.1. The van der Waals surface area contributed by atoms with Gasteiger partial charge in [-0.15, -0.1) is 0 Å². The van der Waals surface area contributed by atoms with Crippen molar-refractivity contribution in [3.05, 3.63) is 62.6 Å². The molecule has 9 nitrogen and oxygen atoms in total. The smallest absolute Gasteiger partial charge is 0.332 e. The number of imidazole rings is 1. The highest BCUT2D eigenvalue weighted by Gasteiger charge is 2.24. The fourth-order valence-corrected chi connectivity index (χ4v) is 3.49. The third-order valence-electron chi connectivity index (χ3n) is 5.24. The van der Waals surface area contributed by atoms with Crippen LogP contribution in [0.5, 0.6) is 0 Å². The molecular formula is C20H27N5O4. The highest BCUT2D eigenvalue weighted by atomic mass is 16.3. The van der Waals surface area contributed by atoms with E-state index in [4.69, 9.17) is 0 Å². The summed E-state index contributed by atoms with van der Waals surface area (Å²) in [6.07, 6.45) is -1.05. The number of aryl methyl sites for hydroxylation is 1. The van der Waals surface area contributed by atoms with Gasteiger partial charge in [-0.25, -0.2) is 9.78 Å². The lowest BCUT2D eigenvalue weighted by molar-refractivity contribution is 0.188. The van der Waals surface area contributed by atoms with Gasteiger partial charge in [-0.2, -0.15) is 0 Å². The van der Waals surface area contributed by atoms with Gasteiger partial charge in [0.2, 0.25) is 0 Å². The van der Waals surface area contributed by atoms with Crippen LogP contribution in [-0.2, 0) is 20.6 Å².